The monoisotopic (exact) mass is 332 g/mol. The number of hydrogen-bond acceptors (Lipinski definition) is 7. The Morgan fingerprint density at radius 3 is 2.96 bits per heavy atom. The number of rotatable bonds is 6. The molecule has 5 N–H and O–H groups in total. The minimum absolute atomic E-state index is 0.465. The molecule has 8 heteroatoms. The highest BCUT2D eigenvalue weighted by atomic mass is 32.1. The summed E-state index contributed by atoms with van der Waals surface area (Å²) in [6, 6.07) is 7.39. The minimum atomic E-state index is 0.465. The first-order valence-corrected chi connectivity index (χ1v) is 8.29. The van der Waals surface area contributed by atoms with Crippen LogP contribution in [0.2, 0.25) is 0 Å². The Balaban J connectivity index is 1.55. The van der Waals surface area contributed by atoms with Gasteiger partial charge in [-0.05, 0) is 37.2 Å². The summed E-state index contributed by atoms with van der Waals surface area (Å²) in [7, 11) is 0. The van der Waals surface area contributed by atoms with Crippen molar-refractivity contribution in [1.29, 1.82) is 0 Å². The van der Waals surface area contributed by atoms with Gasteiger partial charge in [-0.1, -0.05) is 0 Å². The molecule has 0 aliphatic carbocycles. The second-order valence-electron chi connectivity index (χ2n) is 5.32. The molecule has 1 unspecified atom stereocenters. The molecule has 7 nitrogen and oxygen atoms in total. The van der Waals surface area contributed by atoms with Crippen molar-refractivity contribution < 1.29 is 4.74 Å². The van der Waals surface area contributed by atoms with E-state index < -0.39 is 0 Å². The van der Waals surface area contributed by atoms with Crippen LogP contribution in [0.4, 0.5) is 5.69 Å². The van der Waals surface area contributed by atoms with E-state index in [1.54, 1.807) is 11.3 Å². The fourth-order valence-corrected chi connectivity index (χ4v) is 3.39. The number of hydrazine groups is 1. The van der Waals surface area contributed by atoms with Gasteiger partial charge < -0.3 is 15.9 Å². The van der Waals surface area contributed by atoms with E-state index in [9.17, 15) is 0 Å². The molecule has 0 saturated carbocycles. The Morgan fingerprint density at radius 2 is 2.26 bits per heavy atom. The highest BCUT2D eigenvalue weighted by Gasteiger charge is 2.19. The zero-order chi connectivity index (χ0) is 16.1. The second kappa shape index (κ2) is 7.40. The minimum Gasteiger partial charge on any atom is -0.487 e. The predicted octanol–water partition coefficient (Wildman–Crippen LogP) is 1.38. The zero-order valence-corrected chi connectivity index (χ0v) is 13.5. The van der Waals surface area contributed by atoms with Gasteiger partial charge in [0, 0.05) is 17.8 Å². The van der Waals surface area contributed by atoms with Crippen LogP contribution in [0.1, 0.15) is 23.0 Å². The van der Waals surface area contributed by atoms with Crippen molar-refractivity contribution in [1.82, 2.24) is 10.3 Å². The maximum Gasteiger partial charge on any atom is 0.131 e. The van der Waals surface area contributed by atoms with Gasteiger partial charge in [0.2, 0.25) is 0 Å². The van der Waals surface area contributed by atoms with Crippen LogP contribution in [0, 0.1) is 0 Å². The first-order valence-electron chi connectivity index (χ1n) is 7.41. The summed E-state index contributed by atoms with van der Waals surface area (Å²) in [5.41, 5.74) is 1.74. The molecule has 0 spiro atoms. The lowest BCUT2D eigenvalue weighted by Gasteiger charge is -2.12. The molecule has 0 amide bonds. The molecule has 1 atom stereocenters. The van der Waals surface area contributed by atoms with Gasteiger partial charge in [0.25, 0.3) is 0 Å². The molecule has 0 radical (unpaired) electrons. The van der Waals surface area contributed by atoms with E-state index in [-0.39, 0.29) is 0 Å². The lowest BCUT2D eigenvalue weighted by atomic mass is 10.1. The van der Waals surface area contributed by atoms with Crippen LogP contribution in [-0.4, -0.2) is 24.4 Å². The smallest absolute Gasteiger partial charge is 0.131 e. The largest absolute Gasteiger partial charge is 0.487 e. The van der Waals surface area contributed by atoms with Gasteiger partial charge >= 0.3 is 0 Å². The number of thiazole rings is 1. The molecule has 23 heavy (non-hydrogen) atoms. The van der Waals surface area contributed by atoms with Gasteiger partial charge in [0.15, 0.2) is 0 Å². The third-order valence-corrected chi connectivity index (χ3v) is 4.75. The highest BCUT2D eigenvalue weighted by Crippen LogP contribution is 2.26. The van der Waals surface area contributed by atoms with Crippen molar-refractivity contribution in [2.45, 2.75) is 18.9 Å². The Bertz CT molecular complexity index is 650. The molecule has 1 aromatic heterocycles. The van der Waals surface area contributed by atoms with E-state index in [4.69, 9.17) is 16.4 Å². The number of aromatic nitrogens is 1. The van der Waals surface area contributed by atoms with E-state index in [1.165, 1.54) is 16.4 Å². The average molecular weight is 332 g/mol. The van der Waals surface area contributed by atoms with Crippen LogP contribution in [0.25, 0.3) is 0 Å². The number of hydrogen-bond donors (Lipinski definition) is 3. The number of anilines is 1. The third-order valence-electron chi connectivity index (χ3n) is 3.69. The Labute approximate surface area is 138 Å². The molecule has 0 bridgehead atoms. The van der Waals surface area contributed by atoms with Gasteiger partial charge in [0.1, 0.15) is 18.7 Å². The number of nitrogens with zero attached hydrogens (tertiary/aromatic N) is 3. The average Bonchev–Trinajstić information content (AvgIpc) is 3.25. The van der Waals surface area contributed by atoms with Crippen molar-refractivity contribution in [2.24, 2.45) is 16.8 Å². The summed E-state index contributed by atoms with van der Waals surface area (Å²) in [5.74, 6) is 12.1. The van der Waals surface area contributed by atoms with Crippen LogP contribution >= 0.6 is 11.3 Å². The molecule has 3 rings (SSSR count). The van der Waals surface area contributed by atoms with E-state index >= 15 is 0 Å². The van der Waals surface area contributed by atoms with Gasteiger partial charge in [-0.15, -0.1) is 11.3 Å². The van der Waals surface area contributed by atoms with Crippen molar-refractivity contribution in [3.05, 3.63) is 40.3 Å². The Morgan fingerprint density at radius 1 is 1.43 bits per heavy atom. The summed E-state index contributed by atoms with van der Waals surface area (Å²) in [6.45, 7) is 2.57. The quantitative estimate of drug-likeness (QED) is 0.320. The topological polar surface area (TPSA) is 102 Å². The molecule has 1 aromatic carbocycles. The summed E-state index contributed by atoms with van der Waals surface area (Å²) in [5, 5.41) is 11.4. The summed E-state index contributed by atoms with van der Waals surface area (Å²) < 4.78 is 5.77. The predicted molar refractivity (Wildman–Crippen MR) is 92.5 cm³/mol. The number of benzene rings is 1. The summed E-state index contributed by atoms with van der Waals surface area (Å²) >= 11 is 1.71. The first-order chi connectivity index (χ1) is 11.3. The van der Waals surface area contributed by atoms with Gasteiger partial charge in [-0.25, -0.2) is 10.8 Å². The number of ether oxygens (including phenoxy) is 1. The highest BCUT2D eigenvalue weighted by molar-refractivity contribution is 7.09. The summed E-state index contributed by atoms with van der Waals surface area (Å²) in [4.78, 5) is 4.67. The maximum absolute atomic E-state index is 5.77. The second-order valence-corrected chi connectivity index (χ2v) is 6.21. The molecule has 2 heterocycles. The molecular formula is C15H20N6OS. The molecule has 1 aliphatic rings. The SMILES string of the molecule is N/N=C\N(N)c1ccc(OCc2csc(C3CCNC3)n2)cc1. The molecule has 122 valence electrons. The van der Waals surface area contributed by atoms with Crippen molar-refractivity contribution in [2.75, 3.05) is 18.1 Å². The molecule has 1 saturated heterocycles. The van der Waals surface area contributed by atoms with E-state index in [0.29, 0.717) is 12.5 Å². The van der Waals surface area contributed by atoms with Crippen molar-refractivity contribution in [3.8, 4) is 5.75 Å². The molecule has 1 fully saturated rings. The van der Waals surface area contributed by atoms with Crippen molar-refractivity contribution in [3.63, 3.8) is 0 Å². The zero-order valence-electron chi connectivity index (χ0n) is 12.7. The molecule has 1 aliphatic heterocycles. The van der Waals surface area contributed by atoms with Crippen LogP contribution in [0.5, 0.6) is 5.75 Å². The fraction of sp³-hybridized carbons (Fsp3) is 0.333. The first kappa shape index (κ1) is 15.7. The molecule has 2 aromatic rings. The van der Waals surface area contributed by atoms with E-state index in [0.717, 1.165) is 36.6 Å². The van der Waals surface area contributed by atoms with Crippen LogP contribution in [0.3, 0.4) is 0 Å². The Hall–Kier alpha value is -2.16. The molecular weight excluding hydrogens is 312 g/mol. The standard InChI is InChI=1S/C15H20N6OS/c16-19-10-21(17)13-1-3-14(4-2-13)22-8-12-9-23-15(20-12)11-5-6-18-7-11/h1-4,9-11,18H,5-8,16-17H2/b19-10-. The fourth-order valence-electron chi connectivity index (χ4n) is 2.45. The van der Waals surface area contributed by atoms with E-state index in [2.05, 4.69) is 20.8 Å². The van der Waals surface area contributed by atoms with Crippen LogP contribution in [0.15, 0.2) is 34.7 Å². The number of nitrogens with one attached hydrogen (secondary N) is 1. The van der Waals surface area contributed by atoms with Gasteiger partial charge in [-0.2, -0.15) is 5.10 Å². The number of nitrogens with two attached hydrogens (primary N) is 2. The van der Waals surface area contributed by atoms with Crippen LogP contribution < -0.4 is 26.7 Å². The van der Waals surface area contributed by atoms with Gasteiger partial charge in [-0.3, -0.25) is 5.01 Å². The lowest BCUT2D eigenvalue weighted by molar-refractivity contribution is 0.302. The maximum atomic E-state index is 5.77. The normalized spacial score (nSPS) is 17.7. The number of hydrazone groups is 1. The third kappa shape index (κ3) is 3.98. The summed E-state index contributed by atoms with van der Waals surface area (Å²) in [6.07, 6.45) is 2.50. The van der Waals surface area contributed by atoms with Crippen LogP contribution in [-0.2, 0) is 6.61 Å². The van der Waals surface area contributed by atoms with Crippen molar-refractivity contribution >= 4 is 23.4 Å². The van der Waals surface area contributed by atoms with Gasteiger partial charge in [0.05, 0.1) is 16.4 Å². The van der Waals surface area contributed by atoms with E-state index in [1.807, 2.05) is 24.3 Å². The lowest BCUT2D eigenvalue weighted by Crippen LogP contribution is -2.29. The Kier molecular flexibility index (Phi) is 5.06.